The zero-order chi connectivity index (χ0) is 13.9. The van der Waals surface area contributed by atoms with E-state index >= 15 is 0 Å². The predicted octanol–water partition coefficient (Wildman–Crippen LogP) is 0.325. The Kier molecular flexibility index (Phi) is 4.33. The van der Waals surface area contributed by atoms with E-state index in [1.54, 1.807) is 0 Å². The molecular formula is C14H25N5O. The third-order valence-corrected chi connectivity index (χ3v) is 4.53. The number of aromatic nitrogens is 2. The Morgan fingerprint density at radius 2 is 2.25 bits per heavy atom. The van der Waals surface area contributed by atoms with Gasteiger partial charge < -0.3 is 19.6 Å². The molecule has 0 spiro atoms. The van der Waals surface area contributed by atoms with Crippen molar-refractivity contribution in [3.63, 3.8) is 0 Å². The average molecular weight is 279 g/mol. The number of hydrogen-bond donors (Lipinski definition) is 1. The molecule has 0 aliphatic carbocycles. The van der Waals surface area contributed by atoms with Crippen LogP contribution >= 0.6 is 0 Å². The fourth-order valence-electron chi connectivity index (χ4n) is 3.11. The van der Waals surface area contributed by atoms with E-state index in [0.29, 0.717) is 12.0 Å². The quantitative estimate of drug-likeness (QED) is 0.860. The summed E-state index contributed by atoms with van der Waals surface area (Å²) in [6.07, 6.45) is 3.23. The summed E-state index contributed by atoms with van der Waals surface area (Å²) in [4.78, 5) is 9.40. The third-order valence-electron chi connectivity index (χ3n) is 4.53. The van der Waals surface area contributed by atoms with E-state index in [1.807, 2.05) is 0 Å². The summed E-state index contributed by atoms with van der Waals surface area (Å²) in [6.45, 7) is 5.40. The van der Waals surface area contributed by atoms with Gasteiger partial charge in [0, 0.05) is 38.6 Å². The molecule has 2 atom stereocenters. The second-order valence-electron chi connectivity index (χ2n) is 6.19. The minimum atomic E-state index is 0.400. The highest BCUT2D eigenvalue weighted by Crippen LogP contribution is 2.22. The molecular weight excluding hydrogens is 254 g/mol. The maximum atomic E-state index is 5.47. The van der Waals surface area contributed by atoms with Crippen LogP contribution in [0.3, 0.4) is 0 Å². The van der Waals surface area contributed by atoms with Crippen molar-refractivity contribution in [1.82, 2.24) is 25.3 Å². The molecule has 2 unspecified atom stereocenters. The first-order valence-corrected chi connectivity index (χ1v) is 7.64. The lowest BCUT2D eigenvalue weighted by molar-refractivity contribution is 0.113. The van der Waals surface area contributed by atoms with E-state index in [4.69, 9.17) is 4.52 Å². The fraction of sp³-hybridized carbons (Fsp3) is 0.857. The molecule has 6 nitrogen and oxygen atoms in total. The molecule has 2 saturated heterocycles. The van der Waals surface area contributed by atoms with Gasteiger partial charge >= 0.3 is 0 Å². The molecule has 0 amide bonds. The number of piperazine rings is 1. The summed E-state index contributed by atoms with van der Waals surface area (Å²) in [7, 11) is 4.36. The molecule has 0 radical (unpaired) electrons. The second kappa shape index (κ2) is 6.20. The largest absolute Gasteiger partial charge is 0.339 e. The van der Waals surface area contributed by atoms with Gasteiger partial charge in [-0.15, -0.1) is 0 Å². The summed E-state index contributed by atoms with van der Waals surface area (Å²) in [5.74, 6) is 2.08. The van der Waals surface area contributed by atoms with Gasteiger partial charge in [-0.05, 0) is 33.5 Å². The molecule has 1 N–H and O–H groups in total. The molecule has 112 valence electrons. The van der Waals surface area contributed by atoms with Gasteiger partial charge in [-0.3, -0.25) is 0 Å². The Morgan fingerprint density at radius 3 is 3.05 bits per heavy atom. The van der Waals surface area contributed by atoms with Gasteiger partial charge in [0.2, 0.25) is 5.89 Å². The third kappa shape index (κ3) is 3.19. The van der Waals surface area contributed by atoms with Crippen molar-refractivity contribution < 1.29 is 4.52 Å². The molecule has 0 bridgehead atoms. The normalized spacial score (nSPS) is 29.7. The van der Waals surface area contributed by atoms with Gasteiger partial charge in [0.05, 0.1) is 5.92 Å². The van der Waals surface area contributed by atoms with Crippen LogP contribution in [0.25, 0.3) is 0 Å². The predicted molar refractivity (Wildman–Crippen MR) is 76.8 cm³/mol. The van der Waals surface area contributed by atoms with E-state index in [1.165, 1.54) is 6.42 Å². The first-order valence-electron chi connectivity index (χ1n) is 7.64. The number of likely N-dealkylation sites (N-methyl/N-ethyl adjacent to an activating group) is 2. The van der Waals surface area contributed by atoms with E-state index in [2.05, 4.69) is 39.4 Å². The molecule has 2 aliphatic heterocycles. The Bertz CT molecular complexity index is 429. The van der Waals surface area contributed by atoms with Crippen LogP contribution < -0.4 is 5.32 Å². The highest BCUT2D eigenvalue weighted by molar-refractivity contribution is 4.99. The molecule has 1 aromatic rings. The molecule has 2 aliphatic rings. The molecule has 2 fully saturated rings. The van der Waals surface area contributed by atoms with Gasteiger partial charge in [-0.2, -0.15) is 4.98 Å². The molecule has 0 aromatic carbocycles. The van der Waals surface area contributed by atoms with E-state index in [9.17, 15) is 0 Å². The first-order chi connectivity index (χ1) is 9.72. The maximum absolute atomic E-state index is 5.47. The smallest absolute Gasteiger partial charge is 0.231 e. The van der Waals surface area contributed by atoms with Crippen molar-refractivity contribution in [2.24, 2.45) is 0 Å². The van der Waals surface area contributed by atoms with Crippen molar-refractivity contribution in [1.29, 1.82) is 0 Å². The number of nitrogens with one attached hydrogen (secondary N) is 1. The minimum Gasteiger partial charge on any atom is -0.339 e. The topological polar surface area (TPSA) is 57.4 Å². The lowest BCUT2D eigenvalue weighted by Crippen LogP contribution is -2.50. The summed E-state index contributed by atoms with van der Waals surface area (Å²) in [5.41, 5.74) is 0. The lowest BCUT2D eigenvalue weighted by Gasteiger charge is -2.37. The molecule has 6 heteroatoms. The Hall–Kier alpha value is -0.980. The van der Waals surface area contributed by atoms with Gasteiger partial charge in [0.25, 0.3) is 0 Å². The van der Waals surface area contributed by atoms with Gasteiger partial charge in [0.1, 0.15) is 0 Å². The van der Waals surface area contributed by atoms with E-state index < -0.39 is 0 Å². The van der Waals surface area contributed by atoms with Crippen LogP contribution in [0.15, 0.2) is 4.52 Å². The number of piperidine rings is 1. The van der Waals surface area contributed by atoms with Gasteiger partial charge in [0.15, 0.2) is 5.82 Å². The number of rotatable bonds is 3. The highest BCUT2D eigenvalue weighted by Gasteiger charge is 2.26. The number of nitrogens with zero attached hydrogens (tertiary/aromatic N) is 4. The lowest BCUT2D eigenvalue weighted by atomic mass is 10.00. The average Bonchev–Trinajstić information content (AvgIpc) is 2.92. The van der Waals surface area contributed by atoms with Crippen LogP contribution in [0.5, 0.6) is 0 Å². The molecule has 3 heterocycles. The second-order valence-corrected chi connectivity index (χ2v) is 6.19. The van der Waals surface area contributed by atoms with E-state index in [-0.39, 0.29) is 0 Å². The monoisotopic (exact) mass is 279 g/mol. The van der Waals surface area contributed by atoms with Crippen LogP contribution in [0.4, 0.5) is 0 Å². The number of hydrogen-bond acceptors (Lipinski definition) is 6. The molecule has 0 saturated carbocycles. The minimum absolute atomic E-state index is 0.400. The van der Waals surface area contributed by atoms with Crippen molar-refractivity contribution in [3.05, 3.63) is 11.7 Å². The van der Waals surface area contributed by atoms with Gasteiger partial charge in [-0.1, -0.05) is 5.16 Å². The zero-order valence-corrected chi connectivity index (χ0v) is 12.5. The van der Waals surface area contributed by atoms with Crippen molar-refractivity contribution >= 4 is 0 Å². The highest BCUT2D eigenvalue weighted by atomic mass is 16.5. The van der Waals surface area contributed by atoms with Crippen LogP contribution in [0.2, 0.25) is 0 Å². The first kappa shape index (κ1) is 14.0. The van der Waals surface area contributed by atoms with Crippen LogP contribution in [-0.4, -0.2) is 72.8 Å². The van der Waals surface area contributed by atoms with Crippen molar-refractivity contribution in [2.45, 2.75) is 31.2 Å². The van der Waals surface area contributed by atoms with Crippen LogP contribution in [0.1, 0.15) is 30.5 Å². The summed E-state index contributed by atoms with van der Waals surface area (Å²) >= 11 is 0. The Balaban J connectivity index is 1.61. The summed E-state index contributed by atoms with van der Waals surface area (Å²) in [6, 6.07) is 0.490. The Morgan fingerprint density at radius 1 is 1.35 bits per heavy atom. The summed E-state index contributed by atoms with van der Waals surface area (Å²) < 4.78 is 5.47. The maximum Gasteiger partial charge on any atom is 0.231 e. The molecule has 20 heavy (non-hydrogen) atoms. The summed E-state index contributed by atoms with van der Waals surface area (Å²) in [5, 5.41) is 7.58. The standard InChI is InChI=1S/C14H25N5O/c1-18-6-7-19(2)12(10-18)8-13-16-14(20-17-13)11-4-3-5-15-9-11/h11-12,15H,3-10H2,1-2H3. The molecule has 1 aromatic heterocycles. The molecule has 3 rings (SSSR count). The van der Waals surface area contributed by atoms with Gasteiger partial charge in [-0.25, -0.2) is 0 Å². The fourth-order valence-corrected chi connectivity index (χ4v) is 3.11. The van der Waals surface area contributed by atoms with E-state index in [0.717, 1.165) is 57.3 Å². The Labute approximate surface area is 120 Å². The van der Waals surface area contributed by atoms with Crippen molar-refractivity contribution in [3.8, 4) is 0 Å². The SMILES string of the molecule is CN1CCN(C)C(Cc2noc(C3CCCNC3)n2)C1. The zero-order valence-electron chi connectivity index (χ0n) is 12.5. The van der Waals surface area contributed by atoms with Crippen LogP contribution in [-0.2, 0) is 6.42 Å². The van der Waals surface area contributed by atoms with Crippen molar-refractivity contribution in [2.75, 3.05) is 46.8 Å². The van der Waals surface area contributed by atoms with Crippen LogP contribution in [0, 0.1) is 0 Å².